The topological polar surface area (TPSA) is 72.5 Å². The minimum absolute atomic E-state index is 0.0610. The zero-order valence-electron chi connectivity index (χ0n) is 7.73. The van der Waals surface area contributed by atoms with Gasteiger partial charge in [0.05, 0.1) is 11.5 Å². The molecular weight excluding hydrogens is 206 g/mol. The van der Waals surface area contributed by atoms with E-state index in [0.29, 0.717) is 13.0 Å². The van der Waals surface area contributed by atoms with Gasteiger partial charge in [-0.2, -0.15) is 0 Å². The molecule has 1 N–H and O–H groups in total. The third kappa shape index (κ3) is 3.37. The van der Waals surface area contributed by atoms with E-state index in [2.05, 4.69) is 11.9 Å². The van der Waals surface area contributed by atoms with Crippen LogP contribution in [0, 0.1) is 0 Å². The molecule has 6 heteroatoms. The highest BCUT2D eigenvalue weighted by Gasteiger charge is 2.30. The van der Waals surface area contributed by atoms with Crippen molar-refractivity contribution in [2.24, 2.45) is 0 Å². The summed E-state index contributed by atoms with van der Waals surface area (Å²) in [6.45, 7) is 3.74. The lowest BCUT2D eigenvalue weighted by atomic mass is 10.3. The second-order valence-corrected chi connectivity index (χ2v) is 5.33. The lowest BCUT2D eigenvalue weighted by Crippen LogP contribution is -2.29. The standard InChI is InChI=1S/C8H13NO4S/c1-2-4-9-8(10)13-7-3-5-14(11,12)6-7/h2,7H,1,3-6H2,(H,9,10). The van der Waals surface area contributed by atoms with Gasteiger partial charge in [-0.1, -0.05) is 6.08 Å². The summed E-state index contributed by atoms with van der Waals surface area (Å²) in [7, 11) is -2.99. The number of hydrogen-bond acceptors (Lipinski definition) is 4. The van der Waals surface area contributed by atoms with E-state index in [-0.39, 0.29) is 11.5 Å². The number of sulfone groups is 1. The van der Waals surface area contributed by atoms with Crippen molar-refractivity contribution in [3.8, 4) is 0 Å². The van der Waals surface area contributed by atoms with Gasteiger partial charge in [0.2, 0.25) is 0 Å². The van der Waals surface area contributed by atoms with Crippen LogP contribution in [0.2, 0.25) is 0 Å². The summed E-state index contributed by atoms with van der Waals surface area (Å²) >= 11 is 0. The minimum atomic E-state index is -2.99. The maximum atomic E-state index is 11.0. The molecule has 1 rings (SSSR count). The van der Waals surface area contributed by atoms with Crippen LogP contribution in [0.3, 0.4) is 0 Å². The van der Waals surface area contributed by atoms with E-state index in [1.807, 2.05) is 0 Å². The Morgan fingerprint density at radius 3 is 2.86 bits per heavy atom. The minimum Gasteiger partial charge on any atom is -0.445 e. The maximum absolute atomic E-state index is 11.0. The van der Waals surface area contributed by atoms with Gasteiger partial charge in [-0.25, -0.2) is 13.2 Å². The molecule has 1 aliphatic heterocycles. The van der Waals surface area contributed by atoms with E-state index in [4.69, 9.17) is 4.74 Å². The highest BCUT2D eigenvalue weighted by atomic mass is 32.2. The first-order valence-electron chi connectivity index (χ1n) is 4.29. The molecule has 14 heavy (non-hydrogen) atoms. The lowest BCUT2D eigenvalue weighted by Gasteiger charge is -2.09. The number of alkyl carbamates (subject to hydrolysis) is 1. The molecular formula is C8H13NO4S. The SMILES string of the molecule is C=CCNC(=O)OC1CCS(=O)(=O)C1. The van der Waals surface area contributed by atoms with Gasteiger partial charge < -0.3 is 10.1 Å². The molecule has 1 amide bonds. The van der Waals surface area contributed by atoms with Gasteiger partial charge in [0.15, 0.2) is 9.84 Å². The molecule has 1 saturated heterocycles. The third-order valence-electron chi connectivity index (χ3n) is 1.86. The van der Waals surface area contributed by atoms with Crippen molar-refractivity contribution in [1.82, 2.24) is 5.32 Å². The van der Waals surface area contributed by atoms with Gasteiger partial charge in [0.1, 0.15) is 6.10 Å². The summed E-state index contributed by atoms with van der Waals surface area (Å²) in [6, 6.07) is 0. The van der Waals surface area contributed by atoms with Gasteiger partial charge in [0, 0.05) is 6.54 Å². The summed E-state index contributed by atoms with van der Waals surface area (Å²) < 4.78 is 26.9. The summed E-state index contributed by atoms with van der Waals surface area (Å²) in [6.07, 6.45) is 0.827. The van der Waals surface area contributed by atoms with E-state index in [1.165, 1.54) is 6.08 Å². The van der Waals surface area contributed by atoms with Crippen molar-refractivity contribution in [3.63, 3.8) is 0 Å². The predicted octanol–water partition coefficient (Wildman–Crippen LogP) is 0.0857. The zero-order chi connectivity index (χ0) is 10.6. The Morgan fingerprint density at radius 2 is 2.36 bits per heavy atom. The molecule has 0 aliphatic carbocycles. The van der Waals surface area contributed by atoms with Crippen LogP contribution >= 0.6 is 0 Å². The monoisotopic (exact) mass is 219 g/mol. The summed E-state index contributed by atoms with van der Waals surface area (Å²) in [4.78, 5) is 11.0. The van der Waals surface area contributed by atoms with Gasteiger partial charge in [-0.05, 0) is 6.42 Å². The predicted molar refractivity (Wildman–Crippen MR) is 51.7 cm³/mol. The smallest absolute Gasteiger partial charge is 0.407 e. The van der Waals surface area contributed by atoms with Gasteiger partial charge in [-0.15, -0.1) is 6.58 Å². The molecule has 0 radical (unpaired) electrons. The fraction of sp³-hybridized carbons (Fsp3) is 0.625. The molecule has 0 saturated carbocycles. The Kier molecular flexibility index (Phi) is 3.51. The van der Waals surface area contributed by atoms with Crippen molar-refractivity contribution in [1.29, 1.82) is 0 Å². The zero-order valence-corrected chi connectivity index (χ0v) is 8.55. The van der Waals surface area contributed by atoms with E-state index >= 15 is 0 Å². The van der Waals surface area contributed by atoms with Crippen LogP contribution in [-0.4, -0.2) is 38.7 Å². The van der Waals surface area contributed by atoms with Crippen LogP contribution in [0.25, 0.3) is 0 Å². The largest absolute Gasteiger partial charge is 0.445 e. The average molecular weight is 219 g/mol. The molecule has 0 bridgehead atoms. The Hall–Kier alpha value is -1.04. The van der Waals surface area contributed by atoms with Gasteiger partial charge >= 0.3 is 6.09 Å². The quantitative estimate of drug-likeness (QED) is 0.682. The first-order valence-corrected chi connectivity index (χ1v) is 6.11. The molecule has 0 aromatic carbocycles. The fourth-order valence-electron chi connectivity index (χ4n) is 1.20. The van der Waals surface area contributed by atoms with Gasteiger partial charge in [-0.3, -0.25) is 0 Å². The van der Waals surface area contributed by atoms with Crippen LogP contribution in [0.5, 0.6) is 0 Å². The van der Waals surface area contributed by atoms with Crippen LogP contribution in [0.15, 0.2) is 12.7 Å². The molecule has 1 heterocycles. The number of nitrogens with one attached hydrogen (secondary N) is 1. The molecule has 0 aromatic heterocycles. The number of ether oxygens (including phenoxy) is 1. The van der Waals surface area contributed by atoms with E-state index in [9.17, 15) is 13.2 Å². The third-order valence-corrected chi connectivity index (χ3v) is 3.59. The van der Waals surface area contributed by atoms with Crippen molar-refractivity contribution < 1.29 is 17.9 Å². The van der Waals surface area contributed by atoms with Gasteiger partial charge in [0.25, 0.3) is 0 Å². The summed E-state index contributed by atoms with van der Waals surface area (Å²) in [5.74, 6) is 0.0426. The maximum Gasteiger partial charge on any atom is 0.407 e. The molecule has 5 nitrogen and oxygen atoms in total. The Bertz CT molecular complexity index is 322. The Labute approximate surface area is 83.0 Å². The number of amides is 1. The number of carbonyl (C=O) groups excluding carboxylic acids is 1. The normalized spacial score (nSPS) is 24.1. The first-order chi connectivity index (χ1) is 6.53. The van der Waals surface area contributed by atoms with Crippen LogP contribution in [-0.2, 0) is 14.6 Å². The second-order valence-electron chi connectivity index (χ2n) is 3.10. The van der Waals surface area contributed by atoms with E-state index < -0.39 is 22.0 Å². The molecule has 80 valence electrons. The highest BCUT2D eigenvalue weighted by molar-refractivity contribution is 7.91. The van der Waals surface area contributed by atoms with Crippen LogP contribution < -0.4 is 5.32 Å². The molecule has 0 aromatic rings. The number of carbonyl (C=O) groups is 1. The van der Waals surface area contributed by atoms with Crippen molar-refractivity contribution in [3.05, 3.63) is 12.7 Å². The number of rotatable bonds is 3. The molecule has 1 fully saturated rings. The lowest BCUT2D eigenvalue weighted by molar-refractivity contribution is 0.111. The fourth-order valence-corrected chi connectivity index (χ4v) is 2.79. The van der Waals surface area contributed by atoms with Crippen molar-refractivity contribution in [2.45, 2.75) is 12.5 Å². The molecule has 0 spiro atoms. The Balaban J connectivity index is 2.32. The van der Waals surface area contributed by atoms with Crippen molar-refractivity contribution >= 4 is 15.9 Å². The van der Waals surface area contributed by atoms with Crippen molar-refractivity contribution in [2.75, 3.05) is 18.1 Å². The summed E-state index contributed by atoms with van der Waals surface area (Å²) in [5, 5.41) is 2.41. The Morgan fingerprint density at radius 1 is 1.64 bits per heavy atom. The van der Waals surface area contributed by atoms with Crippen LogP contribution in [0.4, 0.5) is 4.79 Å². The number of hydrogen-bond donors (Lipinski definition) is 1. The average Bonchev–Trinajstić information content (AvgIpc) is 2.42. The van der Waals surface area contributed by atoms with Crippen LogP contribution in [0.1, 0.15) is 6.42 Å². The highest BCUT2D eigenvalue weighted by Crippen LogP contribution is 2.14. The molecule has 1 atom stereocenters. The molecule has 1 aliphatic rings. The second kappa shape index (κ2) is 4.45. The summed E-state index contributed by atoms with van der Waals surface area (Å²) in [5.41, 5.74) is 0. The van der Waals surface area contributed by atoms with E-state index in [1.54, 1.807) is 0 Å². The first kappa shape index (κ1) is 11.0. The van der Waals surface area contributed by atoms with E-state index in [0.717, 1.165) is 0 Å². The molecule has 1 unspecified atom stereocenters.